The fourth-order valence-corrected chi connectivity index (χ4v) is 2.76. The first-order valence-electron chi connectivity index (χ1n) is 7.48. The van der Waals surface area contributed by atoms with Gasteiger partial charge >= 0.3 is 0 Å². The van der Waals surface area contributed by atoms with Crippen LogP contribution < -0.4 is 5.32 Å². The zero-order chi connectivity index (χ0) is 15.6. The minimum Gasteiger partial charge on any atom is -0.325 e. The lowest BCUT2D eigenvalue weighted by molar-refractivity contribution is -0.116. The van der Waals surface area contributed by atoms with Crippen LogP contribution in [-0.4, -0.2) is 15.5 Å². The first-order chi connectivity index (χ1) is 11.3. The van der Waals surface area contributed by atoms with Crippen LogP contribution in [0.3, 0.4) is 0 Å². The van der Waals surface area contributed by atoms with E-state index in [1.807, 2.05) is 65.2 Å². The number of nitrogens with zero attached hydrogens (tertiary/aromatic N) is 2. The van der Waals surface area contributed by atoms with Crippen molar-refractivity contribution in [1.82, 2.24) is 9.55 Å². The lowest BCUT2D eigenvalue weighted by Gasteiger charge is -2.08. The summed E-state index contributed by atoms with van der Waals surface area (Å²) in [6, 6.07) is 21.8. The molecule has 4 rings (SSSR count). The molecule has 1 aromatic heterocycles. The maximum atomic E-state index is 12.3. The molecule has 1 N–H and O–H groups in total. The third-order valence-electron chi connectivity index (χ3n) is 3.87. The zero-order valence-corrected chi connectivity index (χ0v) is 12.4. The van der Waals surface area contributed by atoms with E-state index in [1.165, 1.54) is 0 Å². The van der Waals surface area contributed by atoms with Crippen LogP contribution in [0.4, 0.5) is 5.69 Å². The van der Waals surface area contributed by atoms with Crippen LogP contribution in [0.15, 0.2) is 73.1 Å². The molecule has 0 radical (unpaired) electrons. The van der Waals surface area contributed by atoms with E-state index in [1.54, 1.807) is 6.33 Å². The second kappa shape index (κ2) is 5.57. The molecule has 0 atom stereocenters. The predicted molar refractivity (Wildman–Crippen MR) is 92.3 cm³/mol. The lowest BCUT2D eigenvalue weighted by atomic mass is 10.1. The van der Waals surface area contributed by atoms with Gasteiger partial charge in [-0.15, -0.1) is 0 Å². The molecule has 0 aliphatic rings. The molecule has 112 valence electrons. The number of rotatable bonds is 3. The third-order valence-corrected chi connectivity index (χ3v) is 3.87. The number of nitrogens with one attached hydrogen (secondary N) is 1. The molecule has 1 amide bonds. The number of carbonyl (C=O) groups excluding carboxylic acids is 1. The van der Waals surface area contributed by atoms with Crippen LogP contribution in [0, 0.1) is 0 Å². The summed E-state index contributed by atoms with van der Waals surface area (Å²) < 4.78 is 1.85. The second-order valence-electron chi connectivity index (χ2n) is 5.47. The monoisotopic (exact) mass is 301 g/mol. The van der Waals surface area contributed by atoms with Gasteiger partial charge in [-0.2, -0.15) is 0 Å². The number of hydrogen-bond acceptors (Lipinski definition) is 2. The number of fused-ring (bicyclic) bond motifs is 2. The minimum atomic E-state index is -0.0663. The van der Waals surface area contributed by atoms with Crippen molar-refractivity contribution in [1.29, 1.82) is 0 Å². The highest BCUT2D eigenvalue weighted by molar-refractivity contribution is 5.94. The van der Waals surface area contributed by atoms with E-state index < -0.39 is 0 Å². The number of para-hydroxylation sites is 2. The molecule has 4 aromatic rings. The molecule has 0 bridgehead atoms. The number of anilines is 1. The molecule has 0 saturated carbocycles. The van der Waals surface area contributed by atoms with E-state index in [9.17, 15) is 4.79 Å². The van der Waals surface area contributed by atoms with E-state index in [0.717, 1.165) is 27.5 Å². The van der Waals surface area contributed by atoms with Gasteiger partial charge in [-0.3, -0.25) is 4.79 Å². The van der Waals surface area contributed by atoms with Crippen LogP contribution in [-0.2, 0) is 11.3 Å². The van der Waals surface area contributed by atoms with Gasteiger partial charge in [0.05, 0.1) is 17.4 Å². The lowest BCUT2D eigenvalue weighted by Crippen LogP contribution is -2.18. The van der Waals surface area contributed by atoms with Gasteiger partial charge in [-0.05, 0) is 35.0 Å². The van der Waals surface area contributed by atoms with Crippen LogP contribution in [0.5, 0.6) is 0 Å². The molecule has 4 nitrogen and oxygen atoms in total. The molecule has 3 aromatic carbocycles. The Kier molecular flexibility index (Phi) is 3.27. The number of carbonyl (C=O) groups is 1. The Hall–Kier alpha value is -3.14. The van der Waals surface area contributed by atoms with E-state index in [0.29, 0.717) is 0 Å². The molecule has 0 unspecified atom stereocenters. The number of amides is 1. The van der Waals surface area contributed by atoms with E-state index >= 15 is 0 Å². The van der Waals surface area contributed by atoms with Crippen molar-refractivity contribution in [2.24, 2.45) is 0 Å². The summed E-state index contributed by atoms with van der Waals surface area (Å²) in [7, 11) is 0. The number of aromatic nitrogens is 2. The summed E-state index contributed by atoms with van der Waals surface area (Å²) in [5.41, 5.74) is 2.66. The Morgan fingerprint density at radius 3 is 2.65 bits per heavy atom. The van der Waals surface area contributed by atoms with Crippen LogP contribution in [0.25, 0.3) is 21.8 Å². The standard InChI is InChI=1S/C19H15N3O/c23-19(12-22-13-20-17-7-3-4-8-18(17)22)21-16-10-9-14-5-1-2-6-15(14)11-16/h1-11,13H,12H2,(H,21,23). The summed E-state index contributed by atoms with van der Waals surface area (Å²) in [5.74, 6) is -0.0663. The van der Waals surface area contributed by atoms with Crippen molar-refractivity contribution in [3.8, 4) is 0 Å². The summed E-state index contributed by atoms with van der Waals surface area (Å²) in [6.07, 6.45) is 1.70. The van der Waals surface area contributed by atoms with Crippen molar-refractivity contribution in [2.45, 2.75) is 6.54 Å². The summed E-state index contributed by atoms with van der Waals surface area (Å²) in [5, 5.41) is 5.22. The quantitative estimate of drug-likeness (QED) is 0.625. The van der Waals surface area contributed by atoms with Gasteiger partial charge in [0.15, 0.2) is 0 Å². The first-order valence-corrected chi connectivity index (χ1v) is 7.48. The van der Waals surface area contributed by atoms with Crippen LogP contribution in [0.2, 0.25) is 0 Å². The summed E-state index contributed by atoms with van der Waals surface area (Å²) in [4.78, 5) is 16.6. The van der Waals surface area contributed by atoms with Gasteiger partial charge in [-0.25, -0.2) is 4.98 Å². The maximum absolute atomic E-state index is 12.3. The maximum Gasteiger partial charge on any atom is 0.244 e. The molecule has 0 aliphatic carbocycles. The SMILES string of the molecule is O=C(Cn1cnc2ccccc21)Nc1ccc2ccccc2c1. The van der Waals surface area contributed by atoms with Crippen molar-refractivity contribution < 1.29 is 4.79 Å². The zero-order valence-electron chi connectivity index (χ0n) is 12.4. The van der Waals surface area contributed by atoms with Gasteiger partial charge < -0.3 is 9.88 Å². The summed E-state index contributed by atoms with van der Waals surface area (Å²) in [6.45, 7) is 0.243. The van der Waals surface area contributed by atoms with E-state index in [2.05, 4.69) is 16.4 Å². The van der Waals surface area contributed by atoms with Crippen LogP contribution >= 0.6 is 0 Å². The molecule has 0 aliphatic heterocycles. The summed E-state index contributed by atoms with van der Waals surface area (Å²) >= 11 is 0. The fourth-order valence-electron chi connectivity index (χ4n) is 2.76. The molecule has 0 spiro atoms. The van der Waals surface area contributed by atoms with Crippen molar-refractivity contribution in [2.75, 3.05) is 5.32 Å². The second-order valence-corrected chi connectivity index (χ2v) is 5.47. The fraction of sp³-hybridized carbons (Fsp3) is 0.0526. The Morgan fingerprint density at radius 1 is 0.957 bits per heavy atom. The Labute approximate surface area is 133 Å². The Bertz CT molecular complexity index is 1000. The van der Waals surface area contributed by atoms with Gasteiger partial charge in [-0.1, -0.05) is 42.5 Å². The third kappa shape index (κ3) is 2.66. The Morgan fingerprint density at radius 2 is 1.74 bits per heavy atom. The smallest absolute Gasteiger partial charge is 0.244 e. The molecule has 23 heavy (non-hydrogen) atoms. The highest BCUT2D eigenvalue weighted by Gasteiger charge is 2.07. The first kappa shape index (κ1) is 13.5. The molecule has 1 heterocycles. The highest BCUT2D eigenvalue weighted by Crippen LogP contribution is 2.19. The largest absolute Gasteiger partial charge is 0.325 e. The highest BCUT2D eigenvalue weighted by atomic mass is 16.1. The van der Waals surface area contributed by atoms with Gasteiger partial charge in [0.1, 0.15) is 6.54 Å². The van der Waals surface area contributed by atoms with E-state index in [-0.39, 0.29) is 12.5 Å². The normalized spacial score (nSPS) is 11.0. The molecular formula is C19H15N3O. The molecule has 4 heteroatoms. The molecule has 0 fully saturated rings. The number of hydrogen-bond donors (Lipinski definition) is 1. The van der Waals surface area contributed by atoms with E-state index in [4.69, 9.17) is 0 Å². The number of benzene rings is 3. The van der Waals surface area contributed by atoms with Crippen LogP contribution in [0.1, 0.15) is 0 Å². The van der Waals surface area contributed by atoms with Gasteiger partial charge in [0.25, 0.3) is 0 Å². The predicted octanol–water partition coefficient (Wildman–Crippen LogP) is 3.83. The van der Waals surface area contributed by atoms with Crippen molar-refractivity contribution in [3.05, 3.63) is 73.1 Å². The molecule has 0 saturated heterocycles. The van der Waals surface area contributed by atoms with Crippen molar-refractivity contribution >= 4 is 33.4 Å². The average molecular weight is 301 g/mol. The molecular weight excluding hydrogens is 286 g/mol. The average Bonchev–Trinajstić information content (AvgIpc) is 2.98. The minimum absolute atomic E-state index is 0.0663. The van der Waals surface area contributed by atoms with Gasteiger partial charge in [0.2, 0.25) is 5.91 Å². The Balaban J connectivity index is 1.55. The number of imidazole rings is 1. The van der Waals surface area contributed by atoms with Crippen molar-refractivity contribution in [3.63, 3.8) is 0 Å². The van der Waals surface area contributed by atoms with Gasteiger partial charge in [0, 0.05) is 5.69 Å². The topological polar surface area (TPSA) is 46.9 Å².